The fraction of sp³-hybridized carbons (Fsp3) is 0.217. The number of pyridine rings is 2. The Morgan fingerprint density at radius 2 is 1.97 bits per heavy atom. The van der Waals surface area contributed by atoms with Gasteiger partial charge in [-0.1, -0.05) is 12.1 Å². The molecule has 3 aromatic heterocycles. The van der Waals surface area contributed by atoms with Crippen LogP contribution in [0.3, 0.4) is 0 Å². The molecule has 0 unspecified atom stereocenters. The first-order valence-electron chi connectivity index (χ1n) is 9.73. The van der Waals surface area contributed by atoms with Crippen LogP contribution in [0, 0.1) is 25.6 Å². The van der Waals surface area contributed by atoms with Crippen molar-refractivity contribution in [3.63, 3.8) is 0 Å². The van der Waals surface area contributed by atoms with Crippen molar-refractivity contribution in [2.24, 2.45) is 5.92 Å². The van der Waals surface area contributed by atoms with E-state index in [9.17, 15) is 9.18 Å². The van der Waals surface area contributed by atoms with Crippen molar-refractivity contribution in [1.29, 1.82) is 0 Å². The zero-order valence-electron chi connectivity index (χ0n) is 16.5. The Morgan fingerprint density at radius 1 is 1.13 bits per heavy atom. The van der Waals surface area contributed by atoms with E-state index in [1.807, 2.05) is 32.0 Å². The minimum atomic E-state index is -0.829. The van der Waals surface area contributed by atoms with Gasteiger partial charge in [-0.25, -0.2) is 14.1 Å². The predicted molar refractivity (Wildman–Crippen MR) is 110 cm³/mol. The first kappa shape index (κ1) is 18.4. The number of halogens is 1. The average Bonchev–Trinajstić information content (AvgIpc) is 3.47. The van der Waals surface area contributed by atoms with Crippen LogP contribution in [0.4, 0.5) is 4.39 Å². The molecule has 0 aliphatic heterocycles. The van der Waals surface area contributed by atoms with Gasteiger partial charge in [0.2, 0.25) is 0 Å². The molecule has 150 valence electrons. The normalized spacial score (nSPS) is 18.0. The summed E-state index contributed by atoms with van der Waals surface area (Å²) in [4.78, 5) is 20.0. The highest BCUT2D eigenvalue weighted by molar-refractivity contribution is 5.85. The van der Waals surface area contributed by atoms with Crippen LogP contribution < -0.4 is 0 Å². The highest BCUT2D eigenvalue weighted by Gasteiger charge is 2.44. The molecule has 30 heavy (non-hydrogen) atoms. The molecule has 3 heterocycles. The van der Waals surface area contributed by atoms with Crippen molar-refractivity contribution in [3.8, 4) is 17.1 Å². The van der Waals surface area contributed by atoms with Crippen LogP contribution in [0.5, 0.6) is 0 Å². The highest BCUT2D eigenvalue weighted by Crippen LogP contribution is 2.48. The van der Waals surface area contributed by atoms with E-state index in [4.69, 9.17) is 5.11 Å². The number of rotatable bonds is 4. The molecule has 4 aromatic rings. The molecule has 0 amide bonds. The lowest BCUT2D eigenvalue weighted by atomic mass is 10.0. The quantitative estimate of drug-likeness (QED) is 0.546. The number of carboxylic acid groups (broad SMARTS) is 1. The minimum absolute atomic E-state index is 0.113. The Morgan fingerprint density at radius 3 is 2.63 bits per heavy atom. The van der Waals surface area contributed by atoms with E-state index in [0.717, 1.165) is 27.7 Å². The van der Waals surface area contributed by atoms with Gasteiger partial charge in [-0.05, 0) is 61.6 Å². The van der Waals surface area contributed by atoms with Crippen molar-refractivity contribution in [1.82, 2.24) is 19.7 Å². The van der Waals surface area contributed by atoms with Gasteiger partial charge in [0.05, 0.1) is 22.8 Å². The van der Waals surface area contributed by atoms with E-state index in [1.165, 1.54) is 6.07 Å². The Balaban J connectivity index is 1.56. The van der Waals surface area contributed by atoms with Crippen molar-refractivity contribution in [2.45, 2.75) is 26.2 Å². The summed E-state index contributed by atoms with van der Waals surface area (Å²) in [6.45, 7) is 3.87. The fourth-order valence-electron chi connectivity index (χ4n) is 3.87. The van der Waals surface area contributed by atoms with Gasteiger partial charge < -0.3 is 5.11 Å². The molecular formula is C23H19FN4O2. The molecule has 1 aliphatic rings. The summed E-state index contributed by atoms with van der Waals surface area (Å²) in [6, 6.07) is 10.6. The predicted octanol–water partition coefficient (Wildman–Crippen LogP) is 4.43. The van der Waals surface area contributed by atoms with Gasteiger partial charge in [0.25, 0.3) is 0 Å². The van der Waals surface area contributed by atoms with E-state index in [-0.39, 0.29) is 5.92 Å². The van der Waals surface area contributed by atoms with E-state index in [0.29, 0.717) is 23.5 Å². The van der Waals surface area contributed by atoms with E-state index < -0.39 is 17.7 Å². The monoisotopic (exact) mass is 402 g/mol. The number of hydrogen-bond acceptors (Lipinski definition) is 4. The summed E-state index contributed by atoms with van der Waals surface area (Å²) in [6.07, 6.45) is 4.04. The second kappa shape index (κ2) is 6.73. The van der Waals surface area contributed by atoms with Crippen LogP contribution in [-0.4, -0.2) is 30.8 Å². The lowest BCUT2D eigenvalue weighted by molar-refractivity contribution is -0.138. The Hall–Kier alpha value is -3.61. The van der Waals surface area contributed by atoms with E-state index in [1.54, 1.807) is 29.2 Å². The van der Waals surface area contributed by atoms with Crippen LogP contribution in [-0.2, 0) is 4.79 Å². The van der Waals surface area contributed by atoms with Crippen molar-refractivity contribution in [2.75, 3.05) is 0 Å². The number of carbonyl (C=O) groups is 1. The largest absolute Gasteiger partial charge is 0.481 e. The van der Waals surface area contributed by atoms with Gasteiger partial charge in [0, 0.05) is 23.3 Å². The Labute approximate surface area is 172 Å². The molecule has 1 aromatic carbocycles. The van der Waals surface area contributed by atoms with E-state index >= 15 is 0 Å². The third kappa shape index (κ3) is 3.03. The van der Waals surface area contributed by atoms with Gasteiger partial charge in [-0.3, -0.25) is 9.78 Å². The van der Waals surface area contributed by atoms with Crippen LogP contribution in [0.25, 0.3) is 28.0 Å². The van der Waals surface area contributed by atoms with Crippen molar-refractivity contribution >= 4 is 16.9 Å². The maximum atomic E-state index is 14.9. The number of nitrogens with zero attached hydrogens (tertiary/aromatic N) is 4. The first-order valence-corrected chi connectivity index (χ1v) is 9.73. The van der Waals surface area contributed by atoms with Crippen LogP contribution in [0.1, 0.15) is 29.2 Å². The van der Waals surface area contributed by atoms with Crippen molar-refractivity contribution in [3.05, 3.63) is 71.4 Å². The number of hydrogen-bond donors (Lipinski definition) is 1. The van der Waals surface area contributed by atoms with E-state index in [2.05, 4.69) is 15.1 Å². The smallest absolute Gasteiger partial charge is 0.307 e. The summed E-state index contributed by atoms with van der Waals surface area (Å²) in [5, 5.41) is 14.6. The van der Waals surface area contributed by atoms with Gasteiger partial charge in [0.1, 0.15) is 5.82 Å². The Bertz CT molecular complexity index is 1300. The standard InChI is InChI=1S/C23H19FN4O2/c1-12-3-6-22(26-10-12)28-21-9-20(25-11-18(21)13(2)27-28)15-5-4-14(7-19(15)24)16-8-17(16)23(29)30/h3-7,9-11,16-17H,8H2,1-2H3,(H,29,30)/t16-,17+/m1/s1. The molecule has 5 rings (SSSR count). The maximum Gasteiger partial charge on any atom is 0.307 e. The summed E-state index contributed by atoms with van der Waals surface area (Å²) in [5.41, 5.74) is 4.24. The minimum Gasteiger partial charge on any atom is -0.481 e. The molecule has 1 saturated carbocycles. The van der Waals surface area contributed by atoms with Gasteiger partial charge in [-0.15, -0.1) is 0 Å². The number of benzene rings is 1. The number of carboxylic acids is 1. The number of aryl methyl sites for hydroxylation is 2. The molecule has 6 nitrogen and oxygen atoms in total. The summed E-state index contributed by atoms with van der Waals surface area (Å²) in [7, 11) is 0. The first-order chi connectivity index (χ1) is 14.4. The molecule has 1 fully saturated rings. The molecule has 0 radical (unpaired) electrons. The zero-order chi connectivity index (χ0) is 21.0. The number of aliphatic carboxylic acids is 1. The lowest BCUT2D eigenvalue weighted by Gasteiger charge is -2.07. The summed E-state index contributed by atoms with van der Waals surface area (Å²) < 4.78 is 16.6. The van der Waals surface area contributed by atoms with Gasteiger partial charge in [0.15, 0.2) is 5.82 Å². The molecule has 2 atom stereocenters. The maximum absolute atomic E-state index is 14.9. The van der Waals surface area contributed by atoms with Crippen LogP contribution in [0.15, 0.2) is 48.8 Å². The third-order valence-corrected chi connectivity index (χ3v) is 5.67. The third-order valence-electron chi connectivity index (χ3n) is 5.67. The van der Waals surface area contributed by atoms with Gasteiger partial charge in [-0.2, -0.15) is 5.10 Å². The lowest BCUT2D eigenvalue weighted by Crippen LogP contribution is -2.00. The summed E-state index contributed by atoms with van der Waals surface area (Å²) in [5.74, 6) is -1.08. The topological polar surface area (TPSA) is 80.9 Å². The zero-order valence-corrected chi connectivity index (χ0v) is 16.5. The fourth-order valence-corrected chi connectivity index (χ4v) is 3.87. The highest BCUT2D eigenvalue weighted by atomic mass is 19.1. The summed E-state index contributed by atoms with van der Waals surface area (Å²) >= 11 is 0. The van der Waals surface area contributed by atoms with Gasteiger partial charge >= 0.3 is 5.97 Å². The number of aromatic nitrogens is 4. The SMILES string of the molecule is Cc1ccc(-n2nc(C)c3cnc(-c4ccc([C@H]5C[C@@H]5C(=O)O)cc4F)cc32)nc1. The molecule has 1 aliphatic carbocycles. The van der Waals surface area contributed by atoms with Crippen LogP contribution >= 0.6 is 0 Å². The molecule has 0 spiro atoms. The second-order valence-corrected chi connectivity index (χ2v) is 7.80. The van der Waals surface area contributed by atoms with Crippen molar-refractivity contribution < 1.29 is 14.3 Å². The second-order valence-electron chi connectivity index (χ2n) is 7.80. The molecule has 1 N–H and O–H groups in total. The molecule has 7 heteroatoms. The molecular weight excluding hydrogens is 383 g/mol. The number of fused-ring (bicyclic) bond motifs is 1. The average molecular weight is 402 g/mol. The Kier molecular flexibility index (Phi) is 4.13. The molecule has 0 bridgehead atoms. The molecule has 0 saturated heterocycles. The van der Waals surface area contributed by atoms with Crippen LogP contribution in [0.2, 0.25) is 0 Å².